The van der Waals surface area contributed by atoms with Crippen LogP contribution in [-0.4, -0.2) is 33.7 Å². The van der Waals surface area contributed by atoms with Gasteiger partial charge in [-0.2, -0.15) is 0 Å². The Morgan fingerprint density at radius 1 is 1.15 bits per heavy atom. The Morgan fingerprint density at radius 3 is 2.26 bits per heavy atom. The molecule has 0 saturated heterocycles. The van der Waals surface area contributed by atoms with Gasteiger partial charge in [-0.1, -0.05) is 28.1 Å². The average molecular weight is 455 g/mol. The molecule has 6 nitrogen and oxygen atoms in total. The van der Waals surface area contributed by atoms with Gasteiger partial charge in [-0.3, -0.25) is 9.10 Å². The summed E-state index contributed by atoms with van der Waals surface area (Å²) in [7, 11) is -3.60. The molecule has 146 valence electrons. The first-order valence-corrected chi connectivity index (χ1v) is 11.1. The summed E-state index contributed by atoms with van der Waals surface area (Å²) in [6.45, 7) is 4.05. The minimum atomic E-state index is -3.60. The van der Waals surface area contributed by atoms with Crippen LogP contribution in [0.4, 0.5) is 5.69 Å². The number of ether oxygens (including phenoxy) is 1. The number of halogens is 1. The number of carbonyl (C=O) groups excluding carboxylic acids is 1. The second-order valence-electron chi connectivity index (χ2n) is 6.04. The van der Waals surface area contributed by atoms with Crippen LogP contribution in [0.3, 0.4) is 0 Å². The minimum absolute atomic E-state index is 0.264. The van der Waals surface area contributed by atoms with Crippen molar-refractivity contribution in [1.82, 2.24) is 5.32 Å². The van der Waals surface area contributed by atoms with E-state index in [0.29, 0.717) is 12.3 Å². The maximum absolute atomic E-state index is 12.4. The topological polar surface area (TPSA) is 75.7 Å². The van der Waals surface area contributed by atoms with Crippen molar-refractivity contribution in [2.75, 3.05) is 23.7 Å². The highest BCUT2D eigenvalue weighted by Crippen LogP contribution is 2.21. The van der Waals surface area contributed by atoms with Crippen molar-refractivity contribution in [3.8, 4) is 5.75 Å². The van der Waals surface area contributed by atoms with E-state index in [0.717, 1.165) is 26.3 Å². The Bertz CT molecular complexity index is 868. The van der Waals surface area contributed by atoms with Crippen molar-refractivity contribution in [1.29, 1.82) is 0 Å². The Morgan fingerprint density at radius 2 is 1.74 bits per heavy atom. The van der Waals surface area contributed by atoms with Crippen molar-refractivity contribution in [2.45, 2.75) is 19.9 Å². The predicted octanol–water partition coefficient (Wildman–Crippen LogP) is 3.49. The maximum Gasteiger partial charge on any atom is 0.241 e. The van der Waals surface area contributed by atoms with Crippen LogP contribution in [0.2, 0.25) is 0 Å². The quantitative estimate of drug-likeness (QED) is 0.661. The zero-order valence-electron chi connectivity index (χ0n) is 15.5. The van der Waals surface area contributed by atoms with E-state index in [1.165, 1.54) is 0 Å². The number of hydrogen-bond donors (Lipinski definition) is 1. The fraction of sp³-hybridized carbons (Fsp3) is 0.316. The van der Waals surface area contributed by atoms with Gasteiger partial charge in [0.25, 0.3) is 0 Å². The zero-order chi connectivity index (χ0) is 20.0. The first kappa shape index (κ1) is 21.2. The van der Waals surface area contributed by atoms with Crippen LogP contribution in [0.1, 0.15) is 25.5 Å². The number of hydrogen-bond acceptors (Lipinski definition) is 4. The summed E-state index contributed by atoms with van der Waals surface area (Å²) in [6.07, 6.45) is 1.08. The summed E-state index contributed by atoms with van der Waals surface area (Å²) < 4.78 is 31.6. The summed E-state index contributed by atoms with van der Waals surface area (Å²) >= 11 is 3.31. The van der Waals surface area contributed by atoms with E-state index in [2.05, 4.69) is 21.2 Å². The van der Waals surface area contributed by atoms with Gasteiger partial charge in [0.2, 0.25) is 15.9 Å². The number of carbonyl (C=O) groups is 1. The summed E-state index contributed by atoms with van der Waals surface area (Å²) in [5, 5.41) is 2.84. The molecule has 0 fully saturated rings. The minimum Gasteiger partial charge on any atom is -0.494 e. The number of anilines is 1. The van der Waals surface area contributed by atoms with Gasteiger partial charge in [0.1, 0.15) is 12.3 Å². The maximum atomic E-state index is 12.4. The van der Waals surface area contributed by atoms with Crippen molar-refractivity contribution in [3.63, 3.8) is 0 Å². The highest BCUT2D eigenvalue weighted by Gasteiger charge is 2.21. The third-order valence-electron chi connectivity index (χ3n) is 3.87. The largest absolute Gasteiger partial charge is 0.494 e. The average Bonchev–Trinajstić information content (AvgIpc) is 2.60. The first-order valence-electron chi connectivity index (χ1n) is 8.46. The van der Waals surface area contributed by atoms with Crippen LogP contribution in [0, 0.1) is 0 Å². The van der Waals surface area contributed by atoms with E-state index >= 15 is 0 Å². The summed E-state index contributed by atoms with van der Waals surface area (Å²) in [5.74, 6) is 0.378. The Kier molecular flexibility index (Phi) is 7.26. The number of amides is 1. The molecule has 1 N–H and O–H groups in total. The molecule has 0 aromatic heterocycles. The van der Waals surface area contributed by atoms with E-state index in [1.54, 1.807) is 24.3 Å². The van der Waals surface area contributed by atoms with E-state index in [9.17, 15) is 13.2 Å². The molecule has 1 unspecified atom stereocenters. The molecule has 0 aliphatic carbocycles. The molecule has 27 heavy (non-hydrogen) atoms. The van der Waals surface area contributed by atoms with Crippen LogP contribution in [0.15, 0.2) is 53.0 Å². The highest BCUT2D eigenvalue weighted by atomic mass is 79.9. The fourth-order valence-corrected chi connectivity index (χ4v) is 3.65. The van der Waals surface area contributed by atoms with Crippen LogP contribution in [0.5, 0.6) is 5.75 Å². The number of sulfonamides is 1. The smallest absolute Gasteiger partial charge is 0.241 e. The molecule has 2 rings (SSSR count). The zero-order valence-corrected chi connectivity index (χ0v) is 17.9. The molecule has 8 heteroatoms. The lowest BCUT2D eigenvalue weighted by molar-refractivity contribution is -0.120. The van der Waals surface area contributed by atoms with Gasteiger partial charge in [-0.25, -0.2) is 8.42 Å². The monoisotopic (exact) mass is 454 g/mol. The molecule has 1 atom stereocenters. The van der Waals surface area contributed by atoms with E-state index < -0.39 is 10.0 Å². The highest BCUT2D eigenvalue weighted by molar-refractivity contribution is 9.10. The number of benzene rings is 2. The van der Waals surface area contributed by atoms with Gasteiger partial charge in [0.05, 0.1) is 24.6 Å². The molecule has 0 radical (unpaired) electrons. The Labute approximate surface area is 168 Å². The molecule has 0 heterocycles. The molecule has 0 bridgehead atoms. The van der Waals surface area contributed by atoms with Gasteiger partial charge < -0.3 is 10.1 Å². The summed E-state index contributed by atoms with van der Waals surface area (Å²) in [5.41, 5.74) is 1.34. The van der Waals surface area contributed by atoms with Gasteiger partial charge in [-0.05, 0) is 55.8 Å². The Hall–Kier alpha value is -2.06. The molecule has 0 aliphatic rings. The Balaban J connectivity index is 2.07. The van der Waals surface area contributed by atoms with E-state index in [4.69, 9.17) is 4.74 Å². The standard InChI is InChI=1S/C19H23BrN2O4S/c1-4-26-18-11-5-15(6-12-18)14(2)21-19(23)13-22(27(3,24)25)17-9-7-16(20)8-10-17/h5-12,14H,4,13H2,1-3H3,(H,21,23). The lowest BCUT2D eigenvalue weighted by Gasteiger charge is -2.23. The molecule has 0 spiro atoms. The molecule has 0 aliphatic heterocycles. The van der Waals surface area contributed by atoms with E-state index in [-0.39, 0.29) is 18.5 Å². The molecule has 2 aromatic carbocycles. The molecular formula is C19H23BrN2O4S. The van der Waals surface area contributed by atoms with Crippen molar-refractivity contribution in [2.24, 2.45) is 0 Å². The molecular weight excluding hydrogens is 432 g/mol. The second kappa shape index (κ2) is 9.23. The van der Waals surface area contributed by atoms with Gasteiger partial charge >= 0.3 is 0 Å². The van der Waals surface area contributed by atoms with E-state index in [1.807, 2.05) is 38.1 Å². The van der Waals surface area contributed by atoms with Gasteiger partial charge in [0, 0.05) is 4.47 Å². The second-order valence-corrected chi connectivity index (χ2v) is 8.86. The lowest BCUT2D eigenvalue weighted by Crippen LogP contribution is -2.41. The normalized spacial score (nSPS) is 12.3. The third kappa shape index (κ3) is 6.25. The van der Waals surface area contributed by atoms with Crippen LogP contribution in [-0.2, 0) is 14.8 Å². The van der Waals surface area contributed by atoms with Crippen molar-refractivity contribution >= 4 is 37.5 Å². The fourth-order valence-electron chi connectivity index (χ4n) is 2.53. The predicted molar refractivity (Wildman–Crippen MR) is 111 cm³/mol. The number of rotatable bonds is 8. The van der Waals surface area contributed by atoms with Crippen LogP contribution < -0.4 is 14.4 Å². The number of nitrogens with zero attached hydrogens (tertiary/aromatic N) is 1. The number of nitrogens with one attached hydrogen (secondary N) is 1. The van der Waals surface area contributed by atoms with Crippen LogP contribution in [0.25, 0.3) is 0 Å². The van der Waals surface area contributed by atoms with Crippen molar-refractivity contribution < 1.29 is 17.9 Å². The van der Waals surface area contributed by atoms with Gasteiger partial charge in [0.15, 0.2) is 0 Å². The molecule has 2 aromatic rings. The third-order valence-corrected chi connectivity index (χ3v) is 5.54. The molecule has 0 saturated carbocycles. The van der Waals surface area contributed by atoms with Crippen molar-refractivity contribution in [3.05, 3.63) is 58.6 Å². The first-order chi connectivity index (χ1) is 12.7. The summed E-state index contributed by atoms with van der Waals surface area (Å²) in [4.78, 5) is 12.4. The molecule has 1 amide bonds. The summed E-state index contributed by atoms with van der Waals surface area (Å²) in [6, 6.07) is 13.9. The SMILES string of the molecule is CCOc1ccc(C(C)NC(=O)CN(c2ccc(Br)cc2)S(C)(=O)=O)cc1. The lowest BCUT2D eigenvalue weighted by atomic mass is 10.1. The van der Waals surface area contributed by atoms with Crippen LogP contribution >= 0.6 is 15.9 Å². The van der Waals surface area contributed by atoms with Gasteiger partial charge in [-0.15, -0.1) is 0 Å².